The van der Waals surface area contributed by atoms with Gasteiger partial charge in [0, 0.05) is 16.3 Å². The zero-order chi connectivity index (χ0) is 20.4. The van der Waals surface area contributed by atoms with Gasteiger partial charge in [-0.25, -0.2) is 0 Å². The minimum absolute atomic E-state index is 0.0802. The number of benzene rings is 3. The average Bonchev–Trinajstić information content (AvgIpc) is 2.72. The van der Waals surface area contributed by atoms with Crippen molar-refractivity contribution < 1.29 is 9.47 Å². The van der Waals surface area contributed by atoms with Crippen LogP contribution in [0.1, 0.15) is 31.0 Å². The van der Waals surface area contributed by atoms with Crippen molar-refractivity contribution in [2.75, 3.05) is 0 Å². The molecule has 3 nitrogen and oxygen atoms in total. The highest BCUT2D eigenvalue weighted by atomic mass is 35.5. The van der Waals surface area contributed by atoms with E-state index in [4.69, 9.17) is 16.3 Å². The molecule has 3 aromatic carbocycles. The first kappa shape index (κ1) is 19.3. The van der Waals surface area contributed by atoms with Gasteiger partial charge in [-0.05, 0) is 41.5 Å². The molecule has 0 aliphatic heterocycles. The molecule has 146 valence electrons. The third-order valence-electron chi connectivity index (χ3n) is 4.97. The number of pyridine rings is 1. The summed E-state index contributed by atoms with van der Waals surface area (Å²) in [5, 5.41) is 15.4. The Morgan fingerprint density at radius 3 is 2.38 bits per heavy atom. The molecule has 4 rings (SSSR count). The summed E-state index contributed by atoms with van der Waals surface area (Å²) >= 11 is 6.07. The van der Waals surface area contributed by atoms with Crippen molar-refractivity contribution in [3.63, 3.8) is 0 Å². The lowest BCUT2D eigenvalue weighted by Crippen LogP contribution is -2.33. The Morgan fingerprint density at radius 2 is 1.69 bits per heavy atom. The van der Waals surface area contributed by atoms with Gasteiger partial charge in [-0.15, -0.1) is 0 Å². The standard InChI is InChI=1S/C25H22ClNO2/c1-17(2)25-24(19-8-10-21(26)11-9-19)23-13-12-22(14-20(23)15-27(25)28)29-16-18-6-4-3-5-7-18/h3-15,17H,16H2,1-2H3. The van der Waals surface area contributed by atoms with Gasteiger partial charge >= 0.3 is 0 Å². The summed E-state index contributed by atoms with van der Waals surface area (Å²) in [5.41, 5.74) is 3.77. The third kappa shape index (κ3) is 4.06. The predicted molar refractivity (Wildman–Crippen MR) is 118 cm³/mol. The quantitative estimate of drug-likeness (QED) is 0.282. The molecule has 0 atom stereocenters. The Kier molecular flexibility index (Phi) is 5.41. The highest BCUT2D eigenvalue weighted by Crippen LogP contribution is 2.35. The predicted octanol–water partition coefficient (Wildman–Crippen LogP) is 6.50. The van der Waals surface area contributed by atoms with Gasteiger partial charge in [0.2, 0.25) is 5.69 Å². The number of fused-ring (bicyclic) bond motifs is 1. The van der Waals surface area contributed by atoms with Crippen LogP contribution < -0.4 is 9.47 Å². The van der Waals surface area contributed by atoms with Gasteiger partial charge in [-0.3, -0.25) is 0 Å². The number of ether oxygens (including phenoxy) is 1. The summed E-state index contributed by atoms with van der Waals surface area (Å²) in [6.07, 6.45) is 1.64. The lowest BCUT2D eigenvalue weighted by atomic mass is 9.93. The molecule has 1 aromatic heterocycles. The highest BCUT2D eigenvalue weighted by Gasteiger charge is 2.22. The molecule has 0 aliphatic rings. The van der Waals surface area contributed by atoms with Gasteiger partial charge in [0.05, 0.1) is 10.9 Å². The Morgan fingerprint density at radius 1 is 0.966 bits per heavy atom. The third-order valence-corrected chi connectivity index (χ3v) is 5.22. The lowest BCUT2D eigenvalue weighted by molar-refractivity contribution is -0.613. The summed E-state index contributed by atoms with van der Waals surface area (Å²) in [6.45, 7) is 4.55. The second-order valence-electron chi connectivity index (χ2n) is 7.40. The molecule has 0 saturated heterocycles. The summed E-state index contributed by atoms with van der Waals surface area (Å²) in [6, 6.07) is 23.6. The highest BCUT2D eigenvalue weighted by molar-refractivity contribution is 6.30. The fourth-order valence-corrected chi connectivity index (χ4v) is 3.74. The van der Waals surface area contributed by atoms with E-state index < -0.39 is 0 Å². The molecule has 1 heterocycles. The zero-order valence-corrected chi connectivity index (χ0v) is 17.2. The fourth-order valence-electron chi connectivity index (χ4n) is 3.61. The van der Waals surface area contributed by atoms with Crippen molar-refractivity contribution in [1.82, 2.24) is 0 Å². The van der Waals surface area contributed by atoms with Crippen LogP contribution in [0.15, 0.2) is 79.0 Å². The fraction of sp³-hybridized carbons (Fsp3) is 0.160. The first-order valence-electron chi connectivity index (χ1n) is 9.65. The van der Waals surface area contributed by atoms with Crippen molar-refractivity contribution in [3.8, 4) is 16.9 Å². The summed E-state index contributed by atoms with van der Waals surface area (Å²) in [7, 11) is 0. The molecular weight excluding hydrogens is 382 g/mol. The second-order valence-corrected chi connectivity index (χ2v) is 7.84. The minimum atomic E-state index is 0.0802. The van der Waals surface area contributed by atoms with Crippen LogP contribution >= 0.6 is 11.6 Å². The number of nitrogens with zero attached hydrogens (tertiary/aromatic N) is 1. The normalized spacial score (nSPS) is 11.2. The SMILES string of the molecule is CC(C)c1c(-c2ccc(Cl)cc2)c2ccc(OCc3ccccc3)cc2c[n+]1[O-]. The van der Waals surface area contributed by atoms with Crippen molar-refractivity contribution in [2.45, 2.75) is 26.4 Å². The van der Waals surface area contributed by atoms with Crippen molar-refractivity contribution >= 4 is 22.4 Å². The smallest absolute Gasteiger partial charge is 0.203 e. The molecule has 0 fully saturated rings. The number of aromatic nitrogens is 1. The number of rotatable bonds is 5. The van der Waals surface area contributed by atoms with Gasteiger partial charge in [0.15, 0.2) is 6.20 Å². The maximum atomic E-state index is 12.9. The van der Waals surface area contributed by atoms with E-state index in [1.165, 1.54) is 0 Å². The Hall–Kier alpha value is -3.04. The van der Waals surface area contributed by atoms with E-state index in [-0.39, 0.29) is 5.92 Å². The van der Waals surface area contributed by atoms with Gasteiger partial charge in [0.1, 0.15) is 12.4 Å². The van der Waals surface area contributed by atoms with Crippen molar-refractivity contribution in [1.29, 1.82) is 0 Å². The molecule has 0 saturated carbocycles. The largest absolute Gasteiger partial charge is 0.618 e. The molecule has 29 heavy (non-hydrogen) atoms. The molecule has 0 unspecified atom stereocenters. The summed E-state index contributed by atoms with van der Waals surface area (Å²) in [4.78, 5) is 0. The maximum absolute atomic E-state index is 12.9. The molecule has 4 aromatic rings. The van der Waals surface area contributed by atoms with Gasteiger partial charge in [-0.2, -0.15) is 4.73 Å². The number of halogens is 1. The van der Waals surface area contributed by atoms with Gasteiger partial charge in [0.25, 0.3) is 0 Å². The van der Waals surface area contributed by atoms with Crippen LogP contribution in [0.4, 0.5) is 0 Å². The van der Waals surface area contributed by atoms with Crippen molar-refractivity contribution in [3.05, 3.63) is 100 Å². The second kappa shape index (κ2) is 8.14. The molecule has 0 spiro atoms. The van der Waals surface area contributed by atoms with E-state index in [2.05, 4.69) is 0 Å². The van der Waals surface area contributed by atoms with E-state index in [9.17, 15) is 5.21 Å². The molecule has 0 radical (unpaired) electrons. The first-order chi connectivity index (χ1) is 14.0. The number of hydrogen-bond acceptors (Lipinski definition) is 2. The maximum Gasteiger partial charge on any atom is 0.203 e. The Bertz CT molecular complexity index is 1140. The molecule has 0 N–H and O–H groups in total. The van der Waals surface area contributed by atoms with Gasteiger partial charge < -0.3 is 9.94 Å². The summed E-state index contributed by atoms with van der Waals surface area (Å²) in [5.74, 6) is 0.817. The topological polar surface area (TPSA) is 36.2 Å². The average molecular weight is 404 g/mol. The van der Waals surface area contributed by atoms with Crippen LogP contribution in [0.3, 0.4) is 0 Å². The van der Waals surface area contributed by atoms with Crippen LogP contribution in [0, 0.1) is 5.21 Å². The Balaban J connectivity index is 1.79. The molecular formula is C25H22ClNO2. The van der Waals surface area contributed by atoms with Crippen LogP contribution in [0.2, 0.25) is 5.02 Å². The molecule has 0 bridgehead atoms. The van der Waals surface area contributed by atoms with E-state index in [1.54, 1.807) is 6.20 Å². The van der Waals surface area contributed by atoms with Crippen LogP contribution in [0.5, 0.6) is 5.75 Å². The minimum Gasteiger partial charge on any atom is -0.618 e. The van der Waals surface area contributed by atoms with Crippen LogP contribution in [-0.4, -0.2) is 0 Å². The first-order valence-corrected chi connectivity index (χ1v) is 10.0. The van der Waals surface area contributed by atoms with Crippen LogP contribution in [0.25, 0.3) is 21.9 Å². The lowest BCUT2D eigenvalue weighted by Gasteiger charge is -2.16. The monoisotopic (exact) mass is 403 g/mol. The molecule has 0 amide bonds. The van der Waals surface area contributed by atoms with Crippen molar-refractivity contribution in [2.24, 2.45) is 0 Å². The van der Waals surface area contributed by atoms with Crippen LogP contribution in [-0.2, 0) is 6.61 Å². The Labute approximate surface area is 175 Å². The van der Waals surface area contributed by atoms with Gasteiger partial charge in [-0.1, -0.05) is 67.9 Å². The number of hydrogen-bond donors (Lipinski definition) is 0. The zero-order valence-electron chi connectivity index (χ0n) is 16.4. The van der Waals surface area contributed by atoms with E-state index in [1.807, 2.05) is 86.6 Å². The van der Waals surface area contributed by atoms with E-state index in [0.29, 0.717) is 11.6 Å². The summed E-state index contributed by atoms with van der Waals surface area (Å²) < 4.78 is 6.93. The van der Waals surface area contributed by atoms with E-state index in [0.717, 1.165) is 43.6 Å². The van der Waals surface area contributed by atoms with E-state index >= 15 is 0 Å². The molecule has 0 aliphatic carbocycles. The molecule has 4 heteroatoms.